The topological polar surface area (TPSA) is 36.3 Å². The van der Waals surface area contributed by atoms with Crippen LogP contribution in [0.4, 0.5) is 0 Å². The molecule has 2 aromatic heterocycles. The Morgan fingerprint density at radius 3 is 2.66 bits per heavy atom. The van der Waals surface area contributed by atoms with Crippen molar-refractivity contribution in [3.63, 3.8) is 0 Å². The quantitative estimate of drug-likeness (QED) is 0.372. The summed E-state index contributed by atoms with van der Waals surface area (Å²) in [5.41, 5.74) is 3.18. The third-order valence-electron chi connectivity index (χ3n) is 6.28. The van der Waals surface area contributed by atoms with Crippen LogP contribution in [0.1, 0.15) is 31.7 Å². The monoisotopic (exact) mass is 424 g/mol. The summed E-state index contributed by atoms with van der Waals surface area (Å²) in [6.07, 6.45) is 3.80. The van der Waals surface area contributed by atoms with E-state index < -0.39 is 0 Å². The number of rotatable bonds is 2. The van der Waals surface area contributed by atoms with Crippen LogP contribution in [0, 0.1) is 0 Å². The Labute approximate surface area is 178 Å². The zero-order valence-electron chi connectivity index (χ0n) is 15.9. The second kappa shape index (κ2) is 6.81. The lowest BCUT2D eigenvalue weighted by Crippen LogP contribution is -2.35. The number of nitrogens with zero attached hydrogens (tertiary/aromatic N) is 2. The van der Waals surface area contributed by atoms with E-state index in [9.17, 15) is 0 Å². The van der Waals surface area contributed by atoms with Crippen LogP contribution >= 0.6 is 22.9 Å². The summed E-state index contributed by atoms with van der Waals surface area (Å²) in [5.74, 6) is 0.645. The van der Waals surface area contributed by atoms with Crippen LogP contribution in [0.2, 0.25) is 5.02 Å². The molecule has 0 amide bonds. The summed E-state index contributed by atoms with van der Waals surface area (Å²) in [6, 6.07) is 14.9. The molecule has 2 aliphatic rings. The molecule has 29 heavy (non-hydrogen) atoms. The predicted octanol–water partition coefficient (Wildman–Crippen LogP) is 6.43. The minimum absolute atomic E-state index is 0.326. The highest BCUT2D eigenvalue weighted by molar-refractivity contribution is 7.17. The predicted molar refractivity (Wildman–Crippen MR) is 118 cm³/mol. The van der Waals surface area contributed by atoms with Gasteiger partial charge in [-0.15, -0.1) is 11.3 Å². The molecule has 148 valence electrons. The van der Waals surface area contributed by atoms with E-state index >= 15 is 0 Å². The van der Waals surface area contributed by atoms with E-state index in [1.54, 1.807) is 11.3 Å². The SMILES string of the molecule is Clc1cccc2nc(-c3csc4ccccc34)n(C3CCC4(CC3)OCCO4)c12. The Morgan fingerprint density at radius 2 is 1.83 bits per heavy atom. The van der Waals surface area contributed by atoms with Crippen molar-refractivity contribution in [2.75, 3.05) is 13.2 Å². The molecule has 0 unspecified atom stereocenters. The Hall–Kier alpha value is -1.92. The summed E-state index contributed by atoms with van der Waals surface area (Å²) in [4.78, 5) is 5.05. The van der Waals surface area contributed by atoms with Crippen molar-refractivity contribution >= 4 is 44.1 Å². The van der Waals surface area contributed by atoms with Crippen molar-refractivity contribution in [2.45, 2.75) is 37.5 Å². The van der Waals surface area contributed by atoms with Gasteiger partial charge in [-0.05, 0) is 31.0 Å². The molecule has 1 aliphatic carbocycles. The van der Waals surface area contributed by atoms with E-state index in [-0.39, 0.29) is 5.79 Å². The van der Waals surface area contributed by atoms with E-state index in [4.69, 9.17) is 26.1 Å². The fraction of sp³-hybridized carbons (Fsp3) is 0.348. The first-order valence-electron chi connectivity index (χ1n) is 10.2. The second-order valence-electron chi connectivity index (χ2n) is 7.90. The van der Waals surface area contributed by atoms with Gasteiger partial charge in [-0.2, -0.15) is 0 Å². The standard InChI is InChI=1S/C23H21ClN2O2S/c24-18-5-3-6-19-21(18)26(15-8-10-23(11-9-15)27-12-13-28-23)22(25-19)17-14-29-20-7-2-1-4-16(17)20/h1-7,14-15H,8-13H2. The van der Waals surface area contributed by atoms with Gasteiger partial charge in [0.1, 0.15) is 5.82 Å². The van der Waals surface area contributed by atoms with Crippen LogP contribution in [-0.4, -0.2) is 28.6 Å². The van der Waals surface area contributed by atoms with Gasteiger partial charge in [0, 0.05) is 39.9 Å². The number of halogens is 1. The molecular formula is C23H21ClN2O2S. The van der Waals surface area contributed by atoms with E-state index in [0.717, 1.165) is 47.6 Å². The molecule has 3 heterocycles. The molecule has 1 aliphatic heterocycles. The largest absolute Gasteiger partial charge is 0.348 e. The summed E-state index contributed by atoms with van der Waals surface area (Å²) in [5, 5.41) is 4.23. The third-order valence-corrected chi connectivity index (χ3v) is 7.55. The van der Waals surface area contributed by atoms with Crippen molar-refractivity contribution in [3.8, 4) is 11.4 Å². The molecule has 1 saturated heterocycles. The molecule has 4 aromatic rings. The molecular weight excluding hydrogens is 404 g/mol. The lowest BCUT2D eigenvalue weighted by Gasteiger charge is -2.36. The van der Waals surface area contributed by atoms with Gasteiger partial charge in [0.25, 0.3) is 0 Å². The van der Waals surface area contributed by atoms with Gasteiger partial charge in [0.05, 0.1) is 29.3 Å². The molecule has 0 radical (unpaired) electrons. The van der Waals surface area contributed by atoms with Gasteiger partial charge in [-0.25, -0.2) is 4.98 Å². The number of benzene rings is 2. The average molecular weight is 425 g/mol. The molecule has 0 atom stereocenters. The molecule has 6 heteroatoms. The van der Waals surface area contributed by atoms with Crippen LogP contribution in [0.25, 0.3) is 32.5 Å². The fourth-order valence-corrected chi connectivity index (χ4v) is 6.09. The van der Waals surface area contributed by atoms with Gasteiger partial charge in [0.2, 0.25) is 0 Å². The van der Waals surface area contributed by atoms with Gasteiger partial charge < -0.3 is 14.0 Å². The average Bonchev–Trinajstić information content (AvgIpc) is 3.46. The number of hydrogen-bond donors (Lipinski definition) is 0. The minimum atomic E-state index is -0.369. The summed E-state index contributed by atoms with van der Waals surface area (Å²) in [6.45, 7) is 1.41. The summed E-state index contributed by atoms with van der Waals surface area (Å²) >= 11 is 8.45. The van der Waals surface area contributed by atoms with Crippen LogP contribution < -0.4 is 0 Å². The zero-order chi connectivity index (χ0) is 19.4. The highest BCUT2D eigenvalue weighted by atomic mass is 35.5. The van der Waals surface area contributed by atoms with Crippen molar-refractivity contribution in [1.29, 1.82) is 0 Å². The summed E-state index contributed by atoms with van der Waals surface area (Å²) < 4.78 is 15.6. The number of imidazole rings is 1. The molecule has 2 aromatic carbocycles. The molecule has 6 rings (SSSR count). The Morgan fingerprint density at radius 1 is 1.03 bits per heavy atom. The molecule has 1 saturated carbocycles. The van der Waals surface area contributed by atoms with Crippen molar-refractivity contribution in [3.05, 3.63) is 52.9 Å². The first-order valence-corrected chi connectivity index (χ1v) is 11.4. The van der Waals surface area contributed by atoms with Crippen LogP contribution in [-0.2, 0) is 9.47 Å². The van der Waals surface area contributed by atoms with Crippen molar-refractivity contribution in [1.82, 2.24) is 9.55 Å². The number of aromatic nitrogens is 2. The van der Waals surface area contributed by atoms with Crippen LogP contribution in [0.15, 0.2) is 47.8 Å². The fourth-order valence-electron chi connectivity index (χ4n) is 4.89. The van der Waals surface area contributed by atoms with Crippen molar-refractivity contribution in [2.24, 2.45) is 0 Å². The zero-order valence-corrected chi connectivity index (χ0v) is 17.5. The summed E-state index contributed by atoms with van der Waals surface area (Å²) in [7, 11) is 0. The Kier molecular flexibility index (Phi) is 4.20. The highest BCUT2D eigenvalue weighted by Crippen LogP contribution is 2.45. The van der Waals surface area contributed by atoms with E-state index in [1.807, 2.05) is 12.1 Å². The number of fused-ring (bicyclic) bond motifs is 2. The van der Waals surface area contributed by atoms with E-state index in [0.29, 0.717) is 19.3 Å². The number of para-hydroxylation sites is 1. The molecule has 2 fully saturated rings. The first-order chi connectivity index (χ1) is 14.2. The molecule has 4 nitrogen and oxygen atoms in total. The second-order valence-corrected chi connectivity index (χ2v) is 9.22. The van der Waals surface area contributed by atoms with Gasteiger partial charge in [-0.1, -0.05) is 35.9 Å². The van der Waals surface area contributed by atoms with Gasteiger partial charge in [-0.3, -0.25) is 0 Å². The molecule has 0 N–H and O–H groups in total. The van der Waals surface area contributed by atoms with Crippen LogP contribution in [0.5, 0.6) is 0 Å². The highest BCUT2D eigenvalue weighted by Gasteiger charge is 2.41. The first kappa shape index (κ1) is 17.9. The minimum Gasteiger partial charge on any atom is -0.348 e. The van der Waals surface area contributed by atoms with Crippen molar-refractivity contribution < 1.29 is 9.47 Å². The smallest absolute Gasteiger partial charge is 0.168 e. The van der Waals surface area contributed by atoms with E-state index in [2.05, 4.69) is 40.3 Å². The normalized spacial score (nSPS) is 19.6. The third kappa shape index (κ3) is 2.83. The number of thiophene rings is 1. The maximum Gasteiger partial charge on any atom is 0.168 e. The number of ether oxygens (including phenoxy) is 2. The maximum atomic E-state index is 6.69. The van der Waals surface area contributed by atoms with E-state index in [1.165, 1.54) is 15.6 Å². The molecule has 0 bridgehead atoms. The maximum absolute atomic E-state index is 6.69. The number of hydrogen-bond acceptors (Lipinski definition) is 4. The Bertz CT molecular complexity index is 1200. The molecule has 1 spiro atoms. The van der Waals surface area contributed by atoms with Gasteiger partial charge in [0.15, 0.2) is 5.79 Å². The lowest BCUT2D eigenvalue weighted by molar-refractivity contribution is -0.181. The van der Waals surface area contributed by atoms with Gasteiger partial charge >= 0.3 is 0 Å². The lowest BCUT2D eigenvalue weighted by atomic mass is 9.89. The van der Waals surface area contributed by atoms with Crippen LogP contribution in [0.3, 0.4) is 0 Å². The Balaban J connectivity index is 1.51.